The maximum Gasteiger partial charge on any atom is 0.323 e. The van der Waals surface area contributed by atoms with E-state index in [2.05, 4.69) is 16.0 Å². The topological polar surface area (TPSA) is 96.2 Å². The number of carbonyl (C=O) groups excluding carboxylic acids is 2. The highest BCUT2D eigenvalue weighted by Gasteiger charge is 2.18. The van der Waals surface area contributed by atoms with Gasteiger partial charge in [-0.2, -0.15) is 0 Å². The summed E-state index contributed by atoms with van der Waals surface area (Å²) in [4.78, 5) is 24.3. The second-order valence-electron chi connectivity index (χ2n) is 6.11. The number of hydrogen-bond acceptors (Lipinski definition) is 3. The molecule has 132 valence electrons. The van der Waals surface area contributed by atoms with Crippen LogP contribution in [-0.2, 0) is 4.79 Å². The van der Waals surface area contributed by atoms with Crippen molar-refractivity contribution in [3.8, 4) is 0 Å². The molecule has 0 saturated heterocycles. The minimum absolute atomic E-state index is 0.149. The van der Waals surface area contributed by atoms with Gasteiger partial charge in [0.05, 0.1) is 5.92 Å². The smallest absolute Gasteiger partial charge is 0.323 e. The number of urea groups is 1. The molecule has 2 aromatic carbocycles. The summed E-state index contributed by atoms with van der Waals surface area (Å²) >= 11 is 0. The molecule has 0 bridgehead atoms. The zero-order chi connectivity index (χ0) is 18.4. The Balaban J connectivity index is 2.05. The number of para-hydroxylation sites is 1. The van der Waals surface area contributed by atoms with Crippen molar-refractivity contribution >= 4 is 29.0 Å². The molecule has 25 heavy (non-hydrogen) atoms. The number of aryl methyl sites for hydroxylation is 1. The lowest BCUT2D eigenvalue weighted by Gasteiger charge is -2.17. The maximum atomic E-state index is 12.2. The summed E-state index contributed by atoms with van der Waals surface area (Å²) < 4.78 is 0. The molecular weight excluding hydrogens is 316 g/mol. The average Bonchev–Trinajstić information content (AvgIpc) is 2.57. The number of hydrogen-bond donors (Lipinski definition) is 4. The summed E-state index contributed by atoms with van der Waals surface area (Å²) in [5.74, 6) is -0.457. The summed E-state index contributed by atoms with van der Waals surface area (Å²) in [6.07, 6.45) is 0. The summed E-state index contributed by atoms with van der Waals surface area (Å²) in [6.45, 7) is 5.47. The Morgan fingerprint density at radius 2 is 1.56 bits per heavy atom. The third kappa shape index (κ3) is 5.32. The van der Waals surface area contributed by atoms with Gasteiger partial charge in [-0.1, -0.05) is 31.2 Å². The predicted octanol–water partition coefficient (Wildman–Crippen LogP) is 3.56. The SMILES string of the molecule is Cc1ccc(NC(=O)Nc2ccccc2)cc1NC(=O)C(C)C(C)N. The third-order valence-electron chi connectivity index (χ3n) is 3.99. The number of amides is 3. The molecular formula is C19H24N4O2. The van der Waals surface area contributed by atoms with Crippen LogP contribution in [0.4, 0.5) is 21.9 Å². The van der Waals surface area contributed by atoms with Crippen LogP contribution in [-0.4, -0.2) is 18.0 Å². The zero-order valence-electron chi connectivity index (χ0n) is 14.7. The lowest BCUT2D eigenvalue weighted by molar-refractivity contribution is -0.119. The minimum atomic E-state index is -0.351. The number of anilines is 3. The Hall–Kier alpha value is -2.86. The monoisotopic (exact) mass is 340 g/mol. The molecule has 0 aliphatic carbocycles. The predicted molar refractivity (Wildman–Crippen MR) is 102 cm³/mol. The van der Waals surface area contributed by atoms with E-state index in [1.807, 2.05) is 31.2 Å². The van der Waals surface area contributed by atoms with Crippen LogP contribution in [0, 0.1) is 12.8 Å². The number of nitrogens with two attached hydrogens (primary N) is 1. The summed E-state index contributed by atoms with van der Waals surface area (Å²) in [5.41, 5.74) is 8.61. The molecule has 0 radical (unpaired) electrons. The lowest BCUT2D eigenvalue weighted by atomic mass is 10.0. The standard InChI is InChI=1S/C19H24N4O2/c1-12-9-10-16(11-17(12)23-18(24)13(2)14(3)20)22-19(25)21-15-7-5-4-6-8-15/h4-11,13-14H,20H2,1-3H3,(H,23,24)(H2,21,22,25). The molecule has 2 atom stereocenters. The molecule has 2 aromatic rings. The average molecular weight is 340 g/mol. The molecule has 0 aliphatic heterocycles. The number of carbonyl (C=O) groups is 2. The number of benzene rings is 2. The van der Waals surface area contributed by atoms with Crippen molar-refractivity contribution in [1.82, 2.24) is 0 Å². The van der Waals surface area contributed by atoms with Crippen LogP contribution in [0.2, 0.25) is 0 Å². The molecule has 0 saturated carbocycles. The van der Waals surface area contributed by atoms with E-state index >= 15 is 0 Å². The first-order chi connectivity index (χ1) is 11.9. The molecule has 6 heteroatoms. The Kier molecular flexibility index (Phi) is 6.14. The van der Waals surface area contributed by atoms with Crippen LogP contribution in [0.15, 0.2) is 48.5 Å². The van der Waals surface area contributed by atoms with Gasteiger partial charge in [-0.05, 0) is 43.7 Å². The van der Waals surface area contributed by atoms with E-state index in [4.69, 9.17) is 5.73 Å². The number of rotatable bonds is 5. The van der Waals surface area contributed by atoms with Crippen molar-refractivity contribution in [3.05, 3.63) is 54.1 Å². The highest BCUT2D eigenvalue weighted by Crippen LogP contribution is 2.21. The lowest BCUT2D eigenvalue weighted by Crippen LogP contribution is -2.34. The van der Waals surface area contributed by atoms with Gasteiger partial charge in [-0.3, -0.25) is 4.79 Å². The molecule has 0 fully saturated rings. The van der Waals surface area contributed by atoms with Crippen LogP contribution in [0.5, 0.6) is 0 Å². The highest BCUT2D eigenvalue weighted by atomic mass is 16.2. The second kappa shape index (κ2) is 8.30. The fraction of sp³-hybridized carbons (Fsp3) is 0.263. The van der Waals surface area contributed by atoms with Gasteiger partial charge >= 0.3 is 6.03 Å². The summed E-state index contributed by atoms with van der Waals surface area (Å²) in [6, 6.07) is 13.9. The zero-order valence-corrected chi connectivity index (χ0v) is 14.7. The van der Waals surface area contributed by atoms with Gasteiger partial charge < -0.3 is 21.7 Å². The first-order valence-electron chi connectivity index (χ1n) is 8.17. The van der Waals surface area contributed by atoms with Crippen LogP contribution in [0.1, 0.15) is 19.4 Å². The Bertz CT molecular complexity index is 744. The second-order valence-corrected chi connectivity index (χ2v) is 6.11. The third-order valence-corrected chi connectivity index (χ3v) is 3.99. The fourth-order valence-corrected chi connectivity index (χ4v) is 2.13. The Labute approximate surface area is 147 Å². The molecule has 6 nitrogen and oxygen atoms in total. The van der Waals surface area contributed by atoms with Gasteiger partial charge in [0.25, 0.3) is 0 Å². The summed E-state index contributed by atoms with van der Waals surface area (Å²) in [7, 11) is 0. The van der Waals surface area contributed by atoms with Gasteiger partial charge in [0.15, 0.2) is 0 Å². The van der Waals surface area contributed by atoms with E-state index in [1.54, 1.807) is 38.1 Å². The molecule has 0 aromatic heterocycles. The first-order valence-corrected chi connectivity index (χ1v) is 8.17. The largest absolute Gasteiger partial charge is 0.327 e. The number of nitrogens with one attached hydrogen (secondary N) is 3. The molecule has 2 rings (SSSR count). The maximum absolute atomic E-state index is 12.2. The van der Waals surface area contributed by atoms with Crippen LogP contribution < -0.4 is 21.7 Å². The van der Waals surface area contributed by atoms with E-state index in [9.17, 15) is 9.59 Å². The quantitative estimate of drug-likeness (QED) is 0.670. The molecule has 0 aliphatic rings. The molecule has 0 heterocycles. The van der Waals surface area contributed by atoms with Crippen LogP contribution in [0.25, 0.3) is 0 Å². The molecule has 0 spiro atoms. The van der Waals surface area contributed by atoms with Gasteiger partial charge in [0.2, 0.25) is 5.91 Å². The molecule has 3 amide bonds. The first kappa shape index (κ1) is 18.5. The van der Waals surface area contributed by atoms with E-state index in [-0.39, 0.29) is 23.9 Å². The van der Waals surface area contributed by atoms with Crippen molar-refractivity contribution in [2.24, 2.45) is 11.7 Å². The molecule has 5 N–H and O–H groups in total. The molecule has 2 unspecified atom stereocenters. The van der Waals surface area contributed by atoms with Gasteiger partial charge in [-0.25, -0.2) is 4.79 Å². The van der Waals surface area contributed by atoms with Gasteiger partial charge in [0, 0.05) is 23.1 Å². The van der Waals surface area contributed by atoms with E-state index in [0.29, 0.717) is 17.1 Å². The van der Waals surface area contributed by atoms with Crippen molar-refractivity contribution in [3.63, 3.8) is 0 Å². The van der Waals surface area contributed by atoms with Crippen molar-refractivity contribution in [2.45, 2.75) is 26.8 Å². The highest BCUT2D eigenvalue weighted by molar-refractivity contribution is 6.00. The van der Waals surface area contributed by atoms with E-state index < -0.39 is 0 Å². The van der Waals surface area contributed by atoms with E-state index in [1.165, 1.54) is 0 Å². The van der Waals surface area contributed by atoms with Gasteiger partial charge in [0.1, 0.15) is 0 Å². The van der Waals surface area contributed by atoms with E-state index in [0.717, 1.165) is 5.56 Å². The Morgan fingerprint density at radius 1 is 0.920 bits per heavy atom. The van der Waals surface area contributed by atoms with Crippen molar-refractivity contribution in [1.29, 1.82) is 0 Å². The summed E-state index contributed by atoms with van der Waals surface area (Å²) in [5, 5.41) is 8.37. The van der Waals surface area contributed by atoms with Crippen molar-refractivity contribution < 1.29 is 9.59 Å². The minimum Gasteiger partial charge on any atom is -0.327 e. The van der Waals surface area contributed by atoms with Gasteiger partial charge in [-0.15, -0.1) is 0 Å². The van der Waals surface area contributed by atoms with Crippen molar-refractivity contribution in [2.75, 3.05) is 16.0 Å². The fourth-order valence-electron chi connectivity index (χ4n) is 2.13. The van der Waals surface area contributed by atoms with Crippen LogP contribution >= 0.6 is 0 Å². The normalized spacial score (nSPS) is 12.8. The van der Waals surface area contributed by atoms with Crippen LogP contribution in [0.3, 0.4) is 0 Å². The Morgan fingerprint density at radius 3 is 2.20 bits per heavy atom.